The Bertz CT molecular complexity index is 750. The molecule has 1 fully saturated rings. The number of para-hydroxylation sites is 1. The van der Waals surface area contributed by atoms with Crippen molar-refractivity contribution < 1.29 is 4.79 Å². The van der Waals surface area contributed by atoms with Gasteiger partial charge in [0, 0.05) is 38.5 Å². The van der Waals surface area contributed by atoms with Crippen molar-refractivity contribution in [2.24, 2.45) is 0 Å². The number of carbonyl (C=O) groups is 1. The van der Waals surface area contributed by atoms with Gasteiger partial charge in [-0.05, 0) is 18.6 Å². The summed E-state index contributed by atoms with van der Waals surface area (Å²) in [5.41, 5.74) is 1.49. The first-order chi connectivity index (χ1) is 10.7. The Hall–Kier alpha value is -2.61. The summed E-state index contributed by atoms with van der Waals surface area (Å²) in [4.78, 5) is 20.2. The van der Waals surface area contributed by atoms with Gasteiger partial charge in [0.2, 0.25) is 5.91 Å². The van der Waals surface area contributed by atoms with E-state index in [-0.39, 0.29) is 5.91 Å². The molecule has 0 spiro atoms. The molecule has 0 bridgehead atoms. The zero-order valence-corrected chi connectivity index (χ0v) is 12.6. The number of hydrogen-bond donors (Lipinski definition) is 0. The molecule has 1 saturated heterocycles. The second kappa shape index (κ2) is 6.02. The maximum Gasteiger partial charge on any atom is 0.219 e. The number of nitrogens with zero attached hydrogens (tertiary/aromatic N) is 4. The van der Waals surface area contributed by atoms with Crippen LogP contribution in [0.15, 0.2) is 30.3 Å². The fourth-order valence-electron chi connectivity index (χ4n) is 2.87. The Balaban J connectivity index is 1.95. The van der Waals surface area contributed by atoms with E-state index in [1.807, 2.05) is 35.2 Å². The van der Waals surface area contributed by atoms with Gasteiger partial charge in [0.15, 0.2) is 0 Å². The molecule has 5 heteroatoms. The zero-order valence-electron chi connectivity index (χ0n) is 12.6. The van der Waals surface area contributed by atoms with Crippen molar-refractivity contribution in [2.75, 3.05) is 31.1 Å². The highest BCUT2D eigenvalue weighted by Gasteiger charge is 2.20. The van der Waals surface area contributed by atoms with Gasteiger partial charge in [-0.1, -0.05) is 18.2 Å². The van der Waals surface area contributed by atoms with Crippen molar-refractivity contribution in [3.8, 4) is 6.07 Å². The molecule has 1 aromatic heterocycles. The van der Waals surface area contributed by atoms with E-state index >= 15 is 0 Å². The summed E-state index contributed by atoms with van der Waals surface area (Å²) in [5, 5.41) is 10.4. The van der Waals surface area contributed by atoms with Gasteiger partial charge in [0.1, 0.15) is 11.9 Å². The summed E-state index contributed by atoms with van der Waals surface area (Å²) >= 11 is 0. The fourth-order valence-corrected chi connectivity index (χ4v) is 2.87. The van der Waals surface area contributed by atoms with Crippen LogP contribution >= 0.6 is 0 Å². The lowest BCUT2D eigenvalue weighted by Gasteiger charge is -2.23. The third kappa shape index (κ3) is 2.73. The monoisotopic (exact) mass is 294 g/mol. The molecule has 0 atom stereocenters. The van der Waals surface area contributed by atoms with Crippen molar-refractivity contribution in [1.82, 2.24) is 9.88 Å². The average molecular weight is 294 g/mol. The number of hydrogen-bond acceptors (Lipinski definition) is 4. The van der Waals surface area contributed by atoms with Gasteiger partial charge in [-0.25, -0.2) is 4.98 Å². The molecular formula is C17H18N4O. The quantitative estimate of drug-likeness (QED) is 0.808. The average Bonchev–Trinajstić information content (AvgIpc) is 2.79. The highest BCUT2D eigenvalue weighted by Crippen LogP contribution is 2.24. The summed E-state index contributed by atoms with van der Waals surface area (Å²) in [5.74, 6) is 0.834. The molecule has 0 N–H and O–H groups in total. The molecule has 0 aliphatic carbocycles. The van der Waals surface area contributed by atoms with Crippen LogP contribution in [0, 0.1) is 11.3 Å². The van der Waals surface area contributed by atoms with Crippen LogP contribution in [0.5, 0.6) is 0 Å². The summed E-state index contributed by atoms with van der Waals surface area (Å²) in [6, 6.07) is 12.0. The van der Waals surface area contributed by atoms with E-state index in [0.717, 1.165) is 36.2 Å². The number of anilines is 1. The molecule has 2 heterocycles. The maximum atomic E-state index is 11.5. The van der Waals surface area contributed by atoms with Gasteiger partial charge < -0.3 is 9.80 Å². The van der Waals surface area contributed by atoms with Crippen LogP contribution in [-0.2, 0) is 4.79 Å². The van der Waals surface area contributed by atoms with Crippen molar-refractivity contribution >= 4 is 22.6 Å². The molecule has 22 heavy (non-hydrogen) atoms. The van der Waals surface area contributed by atoms with Crippen LogP contribution in [0.2, 0.25) is 0 Å². The first-order valence-electron chi connectivity index (χ1n) is 7.49. The molecule has 1 aromatic carbocycles. The summed E-state index contributed by atoms with van der Waals surface area (Å²) in [6.07, 6.45) is 0.888. The molecule has 1 amide bonds. The minimum absolute atomic E-state index is 0.105. The van der Waals surface area contributed by atoms with Crippen molar-refractivity contribution in [3.63, 3.8) is 0 Å². The number of amides is 1. The molecule has 1 aliphatic heterocycles. The largest absolute Gasteiger partial charge is 0.354 e. The van der Waals surface area contributed by atoms with Crippen LogP contribution in [0.3, 0.4) is 0 Å². The molecule has 112 valence electrons. The van der Waals surface area contributed by atoms with Crippen molar-refractivity contribution in [1.29, 1.82) is 5.26 Å². The van der Waals surface area contributed by atoms with Crippen LogP contribution in [0.25, 0.3) is 10.9 Å². The number of aromatic nitrogens is 1. The lowest BCUT2D eigenvalue weighted by Crippen LogP contribution is -2.34. The van der Waals surface area contributed by atoms with E-state index < -0.39 is 0 Å². The van der Waals surface area contributed by atoms with Crippen LogP contribution in [0.1, 0.15) is 18.9 Å². The lowest BCUT2D eigenvalue weighted by atomic mass is 10.1. The van der Waals surface area contributed by atoms with Gasteiger partial charge in [0.25, 0.3) is 0 Å². The predicted molar refractivity (Wildman–Crippen MR) is 85.5 cm³/mol. The van der Waals surface area contributed by atoms with Crippen LogP contribution in [0.4, 0.5) is 5.82 Å². The third-order valence-corrected chi connectivity index (χ3v) is 4.07. The summed E-state index contributed by atoms with van der Waals surface area (Å²) in [6.45, 7) is 4.56. The topological polar surface area (TPSA) is 60.2 Å². The SMILES string of the molecule is CC(=O)N1CCCN(c2nc3ccccc3cc2C#N)CC1. The van der Waals surface area contributed by atoms with E-state index in [2.05, 4.69) is 16.0 Å². The molecule has 0 radical (unpaired) electrons. The van der Waals surface area contributed by atoms with Crippen LogP contribution < -0.4 is 4.90 Å². The summed E-state index contributed by atoms with van der Waals surface area (Å²) < 4.78 is 0. The number of fused-ring (bicyclic) bond motifs is 1. The standard InChI is InChI=1S/C17H18N4O/c1-13(22)20-7-4-8-21(10-9-20)17-15(12-18)11-14-5-2-3-6-16(14)19-17/h2-3,5-6,11H,4,7-10H2,1H3. The lowest BCUT2D eigenvalue weighted by molar-refractivity contribution is -0.128. The van der Waals surface area contributed by atoms with Crippen molar-refractivity contribution in [2.45, 2.75) is 13.3 Å². The Labute approximate surface area is 129 Å². The van der Waals surface area contributed by atoms with E-state index in [0.29, 0.717) is 18.7 Å². The second-order valence-corrected chi connectivity index (χ2v) is 5.51. The minimum Gasteiger partial charge on any atom is -0.354 e. The Morgan fingerprint density at radius 1 is 1.23 bits per heavy atom. The highest BCUT2D eigenvalue weighted by molar-refractivity contribution is 5.83. The number of benzene rings is 1. The summed E-state index contributed by atoms with van der Waals surface area (Å²) in [7, 11) is 0. The van der Waals surface area contributed by atoms with E-state index in [9.17, 15) is 10.1 Å². The van der Waals surface area contributed by atoms with E-state index in [1.165, 1.54) is 0 Å². The predicted octanol–water partition coefficient (Wildman–Crippen LogP) is 2.17. The maximum absolute atomic E-state index is 11.5. The van der Waals surface area contributed by atoms with Crippen molar-refractivity contribution in [3.05, 3.63) is 35.9 Å². The molecule has 2 aromatic rings. The Morgan fingerprint density at radius 3 is 2.82 bits per heavy atom. The second-order valence-electron chi connectivity index (χ2n) is 5.51. The molecule has 1 aliphatic rings. The molecule has 5 nitrogen and oxygen atoms in total. The Morgan fingerprint density at radius 2 is 2.05 bits per heavy atom. The van der Waals surface area contributed by atoms with E-state index in [1.54, 1.807) is 6.92 Å². The van der Waals surface area contributed by atoms with E-state index in [4.69, 9.17) is 0 Å². The smallest absolute Gasteiger partial charge is 0.219 e. The molecule has 0 saturated carbocycles. The van der Waals surface area contributed by atoms with Gasteiger partial charge in [-0.15, -0.1) is 0 Å². The first kappa shape index (κ1) is 14.3. The zero-order chi connectivity index (χ0) is 15.5. The number of nitriles is 1. The number of pyridine rings is 1. The van der Waals surface area contributed by atoms with Gasteiger partial charge in [-0.3, -0.25) is 4.79 Å². The minimum atomic E-state index is 0.105. The number of rotatable bonds is 1. The van der Waals surface area contributed by atoms with Gasteiger partial charge >= 0.3 is 0 Å². The first-order valence-corrected chi connectivity index (χ1v) is 7.49. The normalized spacial score (nSPS) is 15.5. The van der Waals surface area contributed by atoms with Gasteiger partial charge in [-0.2, -0.15) is 5.26 Å². The Kier molecular flexibility index (Phi) is 3.92. The van der Waals surface area contributed by atoms with Crippen LogP contribution in [-0.4, -0.2) is 42.0 Å². The highest BCUT2D eigenvalue weighted by atomic mass is 16.2. The molecule has 3 rings (SSSR count). The third-order valence-electron chi connectivity index (χ3n) is 4.07. The molecular weight excluding hydrogens is 276 g/mol. The van der Waals surface area contributed by atoms with Gasteiger partial charge in [0.05, 0.1) is 11.1 Å². The fraction of sp³-hybridized carbons (Fsp3) is 0.353. The number of carbonyl (C=O) groups excluding carboxylic acids is 1. The molecule has 0 unspecified atom stereocenters.